The van der Waals surface area contributed by atoms with Gasteiger partial charge in [0.1, 0.15) is 5.82 Å². The van der Waals surface area contributed by atoms with Gasteiger partial charge in [0.15, 0.2) is 0 Å². The molecule has 1 aliphatic heterocycles. The fraction of sp³-hybridized carbons (Fsp3) is 0.526. The predicted octanol–water partition coefficient (Wildman–Crippen LogP) is 3.09. The standard InChI is InChI=1S/C19H24FN3O/c1-22-9-16-10-23(8-14-4-6-18(20)7-5-14)11-17(19(16)21-22)13-24-12-15-2-3-15/h4-7,9,15,17H,2-3,8,10-13H2,1H3/t17-/m0/s1. The third-order valence-corrected chi connectivity index (χ3v) is 4.89. The highest BCUT2D eigenvalue weighted by atomic mass is 19.1. The van der Waals surface area contributed by atoms with Crippen LogP contribution in [-0.2, 0) is 24.9 Å². The van der Waals surface area contributed by atoms with Gasteiger partial charge < -0.3 is 4.74 Å². The molecular weight excluding hydrogens is 305 g/mol. The number of ether oxygens (including phenoxy) is 1. The van der Waals surface area contributed by atoms with Crippen LogP contribution in [0.2, 0.25) is 0 Å². The molecule has 0 unspecified atom stereocenters. The van der Waals surface area contributed by atoms with Crippen molar-refractivity contribution < 1.29 is 9.13 Å². The minimum Gasteiger partial charge on any atom is -0.380 e. The molecule has 5 heteroatoms. The molecule has 0 amide bonds. The van der Waals surface area contributed by atoms with Crippen molar-refractivity contribution in [2.75, 3.05) is 19.8 Å². The van der Waals surface area contributed by atoms with Crippen LogP contribution in [-0.4, -0.2) is 34.4 Å². The quantitative estimate of drug-likeness (QED) is 0.816. The summed E-state index contributed by atoms with van der Waals surface area (Å²) in [6.45, 7) is 4.27. The van der Waals surface area contributed by atoms with Crippen molar-refractivity contribution >= 4 is 0 Å². The van der Waals surface area contributed by atoms with Gasteiger partial charge in [0.05, 0.1) is 12.3 Å². The van der Waals surface area contributed by atoms with Gasteiger partial charge in [0.2, 0.25) is 0 Å². The van der Waals surface area contributed by atoms with E-state index in [9.17, 15) is 4.39 Å². The van der Waals surface area contributed by atoms with Crippen molar-refractivity contribution in [1.29, 1.82) is 0 Å². The zero-order valence-electron chi connectivity index (χ0n) is 14.1. The molecule has 1 aromatic carbocycles. The van der Waals surface area contributed by atoms with E-state index in [0.717, 1.165) is 44.3 Å². The van der Waals surface area contributed by atoms with Crippen LogP contribution in [0.1, 0.15) is 35.6 Å². The van der Waals surface area contributed by atoms with Crippen LogP contribution in [0.15, 0.2) is 30.5 Å². The summed E-state index contributed by atoms with van der Waals surface area (Å²) in [6, 6.07) is 6.80. The maximum atomic E-state index is 13.1. The molecule has 24 heavy (non-hydrogen) atoms. The highest BCUT2D eigenvalue weighted by Gasteiger charge is 2.29. The number of fused-ring (bicyclic) bond motifs is 1. The number of rotatable bonds is 6. The molecule has 1 atom stereocenters. The minimum absolute atomic E-state index is 0.182. The molecule has 0 bridgehead atoms. The molecular formula is C19H24FN3O. The van der Waals surface area contributed by atoms with Crippen LogP contribution in [0.5, 0.6) is 0 Å². The van der Waals surface area contributed by atoms with Crippen LogP contribution in [0, 0.1) is 11.7 Å². The maximum Gasteiger partial charge on any atom is 0.123 e. The van der Waals surface area contributed by atoms with Crippen molar-refractivity contribution in [1.82, 2.24) is 14.7 Å². The Bertz CT molecular complexity index is 693. The van der Waals surface area contributed by atoms with E-state index in [2.05, 4.69) is 16.2 Å². The molecule has 2 aromatic rings. The van der Waals surface area contributed by atoms with Crippen LogP contribution < -0.4 is 0 Å². The summed E-state index contributed by atoms with van der Waals surface area (Å²) < 4.78 is 21.0. The van der Waals surface area contributed by atoms with Gasteiger partial charge in [-0.3, -0.25) is 9.58 Å². The van der Waals surface area contributed by atoms with Crippen molar-refractivity contribution in [3.05, 3.63) is 53.1 Å². The lowest BCUT2D eigenvalue weighted by molar-refractivity contribution is 0.0881. The molecule has 1 aromatic heterocycles. The summed E-state index contributed by atoms with van der Waals surface area (Å²) in [4.78, 5) is 2.41. The first-order valence-electron chi connectivity index (χ1n) is 8.74. The molecule has 4 rings (SSSR count). The van der Waals surface area contributed by atoms with E-state index in [-0.39, 0.29) is 5.82 Å². The van der Waals surface area contributed by atoms with Gasteiger partial charge in [0.25, 0.3) is 0 Å². The average Bonchev–Trinajstić information content (AvgIpc) is 3.29. The summed E-state index contributed by atoms with van der Waals surface area (Å²) in [5, 5.41) is 4.66. The SMILES string of the molecule is Cn1cc2c(n1)[C@H](COCC1CC1)CN(Cc1ccc(F)cc1)C2. The topological polar surface area (TPSA) is 30.3 Å². The fourth-order valence-electron chi connectivity index (χ4n) is 3.49. The van der Waals surface area contributed by atoms with Crippen molar-refractivity contribution in [3.8, 4) is 0 Å². The third kappa shape index (κ3) is 3.68. The second-order valence-electron chi connectivity index (χ2n) is 7.19. The van der Waals surface area contributed by atoms with Crippen LogP contribution in [0.3, 0.4) is 0 Å². The van der Waals surface area contributed by atoms with E-state index >= 15 is 0 Å². The minimum atomic E-state index is -0.182. The fourth-order valence-corrected chi connectivity index (χ4v) is 3.49. The molecule has 128 valence electrons. The highest BCUT2D eigenvalue weighted by Crippen LogP contribution is 2.31. The zero-order chi connectivity index (χ0) is 16.5. The normalized spacial score (nSPS) is 21.0. The van der Waals surface area contributed by atoms with Crippen molar-refractivity contribution in [2.24, 2.45) is 13.0 Å². The summed E-state index contributed by atoms with van der Waals surface area (Å²) in [5.74, 6) is 0.916. The zero-order valence-corrected chi connectivity index (χ0v) is 14.1. The van der Waals surface area contributed by atoms with E-state index in [1.54, 1.807) is 0 Å². The Morgan fingerprint density at radius 3 is 2.75 bits per heavy atom. The van der Waals surface area contributed by atoms with Crippen molar-refractivity contribution in [2.45, 2.75) is 31.8 Å². The van der Waals surface area contributed by atoms with Crippen LogP contribution in [0.25, 0.3) is 0 Å². The second-order valence-corrected chi connectivity index (χ2v) is 7.19. The Hall–Kier alpha value is -1.72. The Morgan fingerprint density at radius 2 is 2.00 bits per heavy atom. The molecule has 1 fully saturated rings. The Kier molecular flexibility index (Phi) is 4.37. The lowest BCUT2D eigenvalue weighted by atomic mass is 9.97. The number of hydrogen-bond donors (Lipinski definition) is 0. The molecule has 0 radical (unpaired) electrons. The Labute approximate surface area is 142 Å². The third-order valence-electron chi connectivity index (χ3n) is 4.89. The summed E-state index contributed by atoms with van der Waals surface area (Å²) >= 11 is 0. The van der Waals surface area contributed by atoms with Gasteiger partial charge in [-0.15, -0.1) is 0 Å². The molecule has 2 heterocycles. The van der Waals surface area contributed by atoms with Gasteiger partial charge in [0, 0.05) is 51.0 Å². The predicted molar refractivity (Wildman–Crippen MR) is 90.0 cm³/mol. The van der Waals surface area contributed by atoms with Gasteiger partial charge >= 0.3 is 0 Å². The van der Waals surface area contributed by atoms with E-state index < -0.39 is 0 Å². The molecule has 2 aliphatic rings. The first-order chi connectivity index (χ1) is 11.7. The van der Waals surface area contributed by atoms with E-state index in [1.165, 1.54) is 36.2 Å². The summed E-state index contributed by atoms with van der Waals surface area (Å²) in [6.07, 6.45) is 4.74. The maximum absolute atomic E-state index is 13.1. The number of aromatic nitrogens is 2. The first-order valence-corrected chi connectivity index (χ1v) is 8.74. The number of benzene rings is 1. The van der Waals surface area contributed by atoms with Gasteiger partial charge in [-0.05, 0) is 36.5 Å². The van der Waals surface area contributed by atoms with E-state index in [1.807, 2.05) is 23.9 Å². The molecule has 0 spiro atoms. The van der Waals surface area contributed by atoms with Gasteiger partial charge in [-0.25, -0.2) is 4.39 Å². The molecule has 1 saturated carbocycles. The van der Waals surface area contributed by atoms with E-state index in [4.69, 9.17) is 4.74 Å². The number of halogens is 1. The van der Waals surface area contributed by atoms with E-state index in [0.29, 0.717) is 5.92 Å². The van der Waals surface area contributed by atoms with Crippen LogP contribution in [0.4, 0.5) is 4.39 Å². The Balaban J connectivity index is 1.45. The average molecular weight is 329 g/mol. The van der Waals surface area contributed by atoms with Gasteiger partial charge in [-0.1, -0.05) is 12.1 Å². The highest BCUT2D eigenvalue weighted by molar-refractivity contribution is 5.25. The Morgan fingerprint density at radius 1 is 1.21 bits per heavy atom. The smallest absolute Gasteiger partial charge is 0.123 e. The largest absolute Gasteiger partial charge is 0.380 e. The number of nitrogens with zero attached hydrogens (tertiary/aromatic N) is 3. The molecule has 0 N–H and O–H groups in total. The molecule has 0 saturated heterocycles. The second kappa shape index (κ2) is 6.65. The van der Waals surface area contributed by atoms with Crippen LogP contribution >= 0.6 is 0 Å². The lowest BCUT2D eigenvalue weighted by Crippen LogP contribution is -2.35. The first kappa shape index (κ1) is 15.8. The number of aryl methyl sites for hydroxylation is 1. The summed E-state index contributed by atoms with van der Waals surface area (Å²) in [5.41, 5.74) is 3.61. The van der Waals surface area contributed by atoms with Crippen molar-refractivity contribution in [3.63, 3.8) is 0 Å². The number of hydrogen-bond acceptors (Lipinski definition) is 3. The van der Waals surface area contributed by atoms with Gasteiger partial charge in [-0.2, -0.15) is 5.10 Å². The monoisotopic (exact) mass is 329 g/mol. The summed E-state index contributed by atoms with van der Waals surface area (Å²) in [7, 11) is 1.98. The lowest BCUT2D eigenvalue weighted by Gasteiger charge is -2.32. The molecule has 4 nitrogen and oxygen atoms in total. The molecule has 1 aliphatic carbocycles.